The molecule has 2 aromatic rings. The first-order valence-electron chi connectivity index (χ1n) is 10.6. The number of amides is 1. The van der Waals surface area contributed by atoms with Crippen molar-refractivity contribution in [3.8, 4) is 0 Å². The molecule has 0 radical (unpaired) electrons. The third-order valence-electron chi connectivity index (χ3n) is 6.42. The fourth-order valence-electron chi connectivity index (χ4n) is 4.68. The minimum atomic E-state index is -4.53. The van der Waals surface area contributed by atoms with Crippen molar-refractivity contribution in [2.24, 2.45) is 0 Å². The summed E-state index contributed by atoms with van der Waals surface area (Å²) in [4.78, 5) is 20.6. The van der Waals surface area contributed by atoms with Crippen molar-refractivity contribution in [2.45, 2.75) is 50.2 Å². The van der Waals surface area contributed by atoms with Crippen LogP contribution in [-0.2, 0) is 11.0 Å². The first kappa shape index (κ1) is 19.6. The van der Waals surface area contributed by atoms with Crippen LogP contribution in [0.15, 0.2) is 6.20 Å². The average Bonchev–Trinajstić information content (AvgIpc) is 3.25. The van der Waals surface area contributed by atoms with Gasteiger partial charge in [-0.05, 0) is 43.7 Å². The molecule has 1 atom stereocenters. The molecule has 162 valence electrons. The van der Waals surface area contributed by atoms with Crippen LogP contribution in [0.3, 0.4) is 0 Å². The number of anilines is 1. The van der Waals surface area contributed by atoms with Crippen molar-refractivity contribution in [3.63, 3.8) is 0 Å². The highest BCUT2D eigenvalue weighted by molar-refractivity contribution is 5.94. The molecule has 30 heavy (non-hydrogen) atoms. The maximum atomic E-state index is 13.6. The lowest BCUT2D eigenvalue weighted by molar-refractivity contribution is -0.140. The van der Waals surface area contributed by atoms with Crippen LogP contribution in [0.2, 0.25) is 0 Å². The third kappa shape index (κ3) is 3.61. The van der Waals surface area contributed by atoms with E-state index in [1.54, 1.807) is 6.20 Å². The number of halogens is 3. The summed E-state index contributed by atoms with van der Waals surface area (Å²) in [5.41, 5.74) is 0.707. The van der Waals surface area contributed by atoms with Crippen LogP contribution < -0.4 is 10.2 Å². The molecule has 2 aromatic heterocycles. The zero-order chi connectivity index (χ0) is 20.9. The SMILES string of the molecule is O=C(C[C@@H]1CCCN1)N1CCN(c2c(C3CC3)cnc3n[nH]c(C(F)(F)F)c23)CC1. The molecule has 1 saturated carbocycles. The molecule has 7 nitrogen and oxygen atoms in total. The largest absolute Gasteiger partial charge is 0.433 e. The molecule has 1 amide bonds. The van der Waals surface area contributed by atoms with Gasteiger partial charge in [0, 0.05) is 44.8 Å². The second-order valence-electron chi connectivity index (χ2n) is 8.50. The molecule has 2 saturated heterocycles. The molecule has 2 N–H and O–H groups in total. The van der Waals surface area contributed by atoms with Crippen LogP contribution in [0.4, 0.5) is 18.9 Å². The highest BCUT2D eigenvalue weighted by atomic mass is 19.4. The van der Waals surface area contributed by atoms with E-state index in [0.29, 0.717) is 38.3 Å². The summed E-state index contributed by atoms with van der Waals surface area (Å²) >= 11 is 0. The molecule has 3 fully saturated rings. The Morgan fingerprint density at radius 3 is 2.57 bits per heavy atom. The Labute approximate surface area is 172 Å². The molecule has 1 aliphatic carbocycles. The number of carbonyl (C=O) groups is 1. The van der Waals surface area contributed by atoms with Crippen molar-refractivity contribution >= 4 is 22.6 Å². The first-order chi connectivity index (χ1) is 14.4. The average molecular weight is 422 g/mol. The lowest BCUT2D eigenvalue weighted by Gasteiger charge is -2.37. The van der Waals surface area contributed by atoms with E-state index >= 15 is 0 Å². The van der Waals surface area contributed by atoms with Gasteiger partial charge in [0.05, 0.1) is 11.1 Å². The number of piperazine rings is 1. The molecule has 5 rings (SSSR count). The number of H-pyrrole nitrogens is 1. The van der Waals surface area contributed by atoms with Crippen molar-refractivity contribution in [1.29, 1.82) is 0 Å². The smallest absolute Gasteiger partial charge is 0.367 e. The quantitative estimate of drug-likeness (QED) is 0.792. The molecule has 0 unspecified atom stereocenters. The third-order valence-corrected chi connectivity index (χ3v) is 6.42. The van der Waals surface area contributed by atoms with E-state index in [0.717, 1.165) is 37.8 Å². The molecular formula is C20H25F3N6O. The van der Waals surface area contributed by atoms with Crippen LogP contribution in [0, 0.1) is 0 Å². The molecule has 2 aliphatic heterocycles. The summed E-state index contributed by atoms with van der Waals surface area (Å²) in [5.74, 6) is 0.372. The number of carbonyl (C=O) groups excluding carboxylic acids is 1. The van der Waals surface area contributed by atoms with Crippen LogP contribution >= 0.6 is 0 Å². The maximum Gasteiger partial charge on any atom is 0.433 e. The number of nitrogens with zero attached hydrogens (tertiary/aromatic N) is 4. The first-order valence-corrected chi connectivity index (χ1v) is 10.6. The monoisotopic (exact) mass is 422 g/mol. The van der Waals surface area contributed by atoms with Gasteiger partial charge in [-0.1, -0.05) is 0 Å². The Balaban J connectivity index is 1.40. The second kappa shape index (κ2) is 7.40. The van der Waals surface area contributed by atoms with Crippen LogP contribution in [0.25, 0.3) is 11.0 Å². The number of pyridine rings is 1. The fraction of sp³-hybridized carbons (Fsp3) is 0.650. The number of rotatable bonds is 4. The Morgan fingerprint density at radius 2 is 1.93 bits per heavy atom. The maximum absolute atomic E-state index is 13.6. The van der Waals surface area contributed by atoms with Gasteiger partial charge in [0.15, 0.2) is 11.3 Å². The van der Waals surface area contributed by atoms with Gasteiger partial charge >= 0.3 is 6.18 Å². The Hall–Kier alpha value is -2.36. The summed E-state index contributed by atoms with van der Waals surface area (Å²) in [5, 5.41) is 9.36. The minimum Gasteiger partial charge on any atom is -0.367 e. The van der Waals surface area contributed by atoms with Gasteiger partial charge in [0.1, 0.15) is 0 Å². The van der Waals surface area contributed by atoms with Crippen molar-refractivity contribution in [3.05, 3.63) is 17.5 Å². The number of aromatic nitrogens is 3. The van der Waals surface area contributed by atoms with E-state index in [1.165, 1.54) is 0 Å². The summed E-state index contributed by atoms with van der Waals surface area (Å²) in [6.07, 6.45) is 1.69. The van der Waals surface area contributed by atoms with E-state index in [2.05, 4.69) is 20.5 Å². The lowest BCUT2D eigenvalue weighted by Crippen LogP contribution is -2.50. The Morgan fingerprint density at radius 1 is 1.17 bits per heavy atom. The number of aromatic amines is 1. The van der Waals surface area contributed by atoms with Gasteiger partial charge in [0.2, 0.25) is 5.91 Å². The Kier molecular flexibility index (Phi) is 4.83. The highest BCUT2D eigenvalue weighted by Gasteiger charge is 2.40. The molecular weight excluding hydrogens is 397 g/mol. The van der Waals surface area contributed by atoms with Crippen molar-refractivity contribution in [2.75, 3.05) is 37.6 Å². The fourth-order valence-corrected chi connectivity index (χ4v) is 4.68. The van der Waals surface area contributed by atoms with Gasteiger partial charge in [-0.25, -0.2) is 4.98 Å². The zero-order valence-corrected chi connectivity index (χ0v) is 16.6. The summed E-state index contributed by atoms with van der Waals surface area (Å²) in [7, 11) is 0. The van der Waals surface area contributed by atoms with Gasteiger partial charge in [-0.3, -0.25) is 9.89 Å². The zero-order valence-electron chi connectivity index (χ0n) is 16.6. The number of fused-ring (bicyclic) bond motifs is 1. The topological polar surface area (TPSA) is 77.2 Å². The van der Waals surface area contributed by atoms with Gasteiger partial charge < -0.3 is 15.1 Å². The summed E-state index contributed by atoms with van der Waals surface area (Å²) in [6.45, 7) is 2.99. The predicted octanol–water partition coefficient (Wildman–Crippen LogP) is 2.64. The van der Waals surface area contributed by atoms with Crippen LogP contribution in [0.5, 0.6) is 0 Å². The van der Waals surface area contributed by atoms with Gasteiger partial charge in [-0.15, -0.1) is 0 Å². The molecule has 0 spiro atoms. The standard InChI is InChI=1S/C20H25F3N6O/c21-20(22,23)18-16-17(14(12-3-4-12)11-25-19(16)27-26-18)29-8-6-28(7-9-29)15(30)10-13-2-1-5-24-13/h11-13,24H,1-10H2,(H,25,26,27)/t13-/m0/s1. The Bertz CT molecular complexity index is 940. The predicted molar refractivity (Wildman–Crippen MR) is 105 cm³/mol. The van der Waals surface area contributed by atoms with Crippen LogP contribution in [-0.4, -0.2) is 64.8 Å². The molecule has 0 bridgehead atoms. The number of hydrogen-bond donors (Lipinski definition) is 2. The molecule has 0 aromatic carbocycles. The van der Waals surface area contributed by atoms with Gasteiger partial charge in [-0.2, -0.15) is 18.3 Å². The van der Waals surface area contributed by atoms with E-state index < -0.39 is 11.9 Å². The molecule has 10 heteroatoms. The number of alkyl halides is 3. The van der Waals surface area contributed by atoms with Crippen LogP contribution in [0.1, 0.15) is 49.3 Å². The second-order valence-corrected chi connectivity index (χ2v) is 8.50. The highest BCUT2D eigenvalue weighted by Crippen LogP contribution is 2.48. The van der Waals surface area contributed by atoms with E-state index in [4.69, 9.17) is 0 Å². The lowest BCUT2D eigenvalue weighted by atomic mass is 10.0. The molecule has 3 aliphatic rings. The van der Waals surface area contributed by atoms with Gasteiger partial charge in [0.25, 0.3) is 0 Å². The number of nitrogens with one attached hydrogen (secondary N) is 2. The van der Waals surface area contributed by atoms with Crippen molar-refractivity contribution < 1.29 is 18.0 Å². The normalized spacial score (nSPS) is 22.8. The summed E-state index contributed by atoms with van der Waals surface area (Å²) < 4.78 is 40.9. The van der Waals surface area contributed by atoms with Crippen molar-refractivity contribution in [1.82, 2.24) is 25.4 Å². The van der Waals surface area contributed by atoms with E-state index in [1.807, 2.05) is 9.80 Å². The van der Waals surface area contributed by atoms with E-state index in [-0.39, 0.29) is 28.9 Å². The number of hydrogen-bond acceptors (Lipinski definition) is 5. The minimum absolute atomic E-state index is 0.0573. The molecule has 4 heterocycles. The summed E-state index contributed by atoms with van der Waals surface area (Å²) in [6, 6.07) is 0.247. The van der Waals surface area contributed by atoms with E-state index in [9.17, 15) is 18.0 Å².